The minimum Gasteiger partial charge on any atom is -0.0736 e. The molecule has 0 aliphatic heterocycles. The molecule has 0 heterocycles. The van der Waals surface area contributed by atoms with Gasteiger partial charge in [0.2, 0.25) is 0 Å². The minimum absolute atomic E-state index is 0.122. The van der Waals surface area contributed by atoms with Crippen molar-refractivity contribution in [2.75, 3.05) is 0 Å². The molecule has 0 fully saturated rings. The Balaban J connectivity index is 2.16. The summed E-state index contributed by atoms with van der Waals surface area (Å²) in [6.07, 6.45) is 16.0. The SMILES string of the molecule is CC1=CC=CC1(C)C(c1ccccc1)(c1ccccc1)C1(C)C=CC=C1. The van der Waals surface area contributed by atoms with Gasteiger partial charge in [-0.05, 0) is 18.1 Å². The van der Waals surface area contributed by atoms with E-state index in [2.05, 4.69) is 124 Å². The largest absolute Gasteiger partial charge is 0.0736 e. The lowest BCUT2D eigenvalue weighted by molar-refractivity contribution is 0.182. The summed E-state index contributed by atoms with van der Waals surface area (Å²) in [6.45, 7) is 7.04. The van der Waals surface area contributed by atoms with E-state index in [1.54, 1.807) is 0 Å². The van der Waals surface area contributed by atoms with Gasteiger partial charge >= 0.3 is 0 Å². The smallest absolute Gasteiger partial charge is 0.0450 e. The lowest BCUT2D eigenvalue weighted by atomic mass is 9.45. The van der Waals surface area contributed by atoms with Gasteiger partial charge in [0.05, 0.1) is 0 Å². The van der Waals surface area contributed by atoms with Crippen LogP contribution in [0.15, 0.2) is 109 Å². The predicted octanol–water partition coefficient (Wildman–Crippen LogP) is 6.63. The molecular weight excluding hydrogens is 312 g/mol. The van der Waals surface area contributed by atoms with Gasteiger partial charge in [-0.1, -0.05) is 123 Å². The fourth-order valence-corrected chi connectivity index (χ4v) is 5.25. The van der Waals surface area contributed by atoms with E-state index >= 15 is 0 Å². The summed E-state index contributed by atoms with van der Waals surface area (Å²) in [5, 5.41) is 0. The molecule has 26 heavy (non-hydrogen) atoms. The fraction of sp³-hybridized carbons (Fsp3) is 0.231. The second-order valence-electron chi connectivity index (χ2n) is 7.89. The molecule has 0 radical (unpaired) electrons. The molecular formula is C26H26. The van der Waals surface area contributed by atoms with Crippen LogP contribution in [0.5, 0.6) is 0 Å². The molecule has 0 N–H and O–H groups in total. The second kappa shape index (κ2) is 5.99. The van der Waals surface area contributed by atoms with Crippen molar-refractivity contribution in [1.82, 2.24) is 0 Å². The zero-order valence-corrected chi connectivity index (χ0v) is 15.8. The van der Waals surface area contributed by atoms with E-state index in [4.69, 9.17) is 0 Å². The molecule has 1 atom stereocenters. The Kier molecular flexibility index (Phi) is 3.88. The average molecular weight is 338 g/mol. The van der Waals surface area contributed by atoms with Crippen molar-refractivity contribution in [3.63, 3.8) is 0 Å². The van der Waals surface area contributed by atoms with Crippen LogP contribution in [0, 0.1) is 10.8 Å². The molecule has 0 aromatic heterocycles. The number of benzene rings is 2. The molecule has 0 nitrogen and oxygen atoms in total. The highest BCUT2D eigenvalue weighted by Gasteiger charge is 2.59. The molecule has 0 spiro atoms. The first kappa shape index (κ1) is 16.8. The van der Waals surface area contributed by atoms with E-state index in [9.17, 15) is 0 Å². The molecule has 2 aliphatic rings. The van der Waals surface area contributed by atoms with Crippen molar-refractivity contribution < 1.29 is 0 Å². The van der Waals surface area contributed by atoms with E-state index in [1.807, 2.05) is 0 Å². The van der Waals surface area contributed by atoms with E-state index in [1.165, 1.54) is 16.7 Å². The van der Waals surface area contributed by atoms with Crippen LogP contribution in [-0.4, -0.2) is 0 Å². The van der Waals surface area contributed by atoms with Crippen LogP contribution in [0.4, 0.5) is 0 Å². The molecule has 130 valence electrons. The Morgan fingerprint density at radius 1 is 0.654 bits per heavy atom. The quantitative estimate of drug-likeness (QED) is 0.587. The molecule has 0 saturated carbocycles. The first-order valence-corrected chi connectivity index (χ1v) is 9.39. The van der Waals surface area contributed by atoms with Gasteiger partial charge in [-0.25, -0.2) is 0 Å². The zero-order chi connectivity index (χ0) is 18.3. The highest BCUT2D eigenvalue weighted by atomic mass is 14.6. The molecule has 1 unspecified atom stereocenters. The third kappa shape index (κ3) is 2.08. The van der Waals surface area contributed by atoms with Crippen LogP contribution in [0.1, 0.15) is 31.9 Å². The number of allylic oxidation sites excluding steroid dienone is 8. The van der Waals surface area contributed by atoms with Crippen molar-refractivity contribution in [3.05, 3.63) is 120 Å². The highest BCUT2D eigenvalue weighted by Crippen LogP contribution is 2.63. The first-order valence-electron chi connectivity index (χ1n) is 9.39. The van der Waals surface area contributed by atoms with Gasteiger partial charge in [0.15, 0.2) is 0 Å². The molecule has 4 rings (SSSR count). The molecule has 2 aromatic rings. The maximum Gasteiger partial charge on any atom is 0.0450 e. The lowest BCUT2D eigenvalue weighted by Gasteiger charge is -2.56. The summed E-state index contributed by atoms with van der Waals surface area (Å²) in [6, 6.07) is 22.1. The average Bonchev–Trinajstić information content (AvgIpc) is 3.25. The third-order valence-corrected chi connectivity index (χ3v) is 6.59. The molecule has 0 amide bonds. The van der Waals surface area contributed by atoms with Crippen molar-refractivity contribution >= 4 is 0 Å². The highest BCUT2D eigenvalue weighted by molar-refractivity contribution is 5.56. The zero-order valence-electron chi connectivity index (χ0n) is 15.8. The third-order valence-electron chi connectivity index (χ3n) is 6.59. The van der Waals surface area contributed by atoms with Crippen LogP contribution < -0.4 is 0 Å². The first-order chi connectivity index (χ1) is 12.5. The molecule has 0 heteroatoms. The lowest BCUT2D eigenvalue weighted by Crippen LogP contribution is -2.53. The molecule has 2 aliphatic carbocycles. The van der Waals surface area contributed by atoms with E-state index in [0.29, 0.717) is 0 Å². The molecule has 2 aromatic carbocycles. The summed E-state index contributed by atoms with van der Waals surface area (Å²) >= 11 is 0. The van der Waals surface area contributed by atoms with Gasteiger partial charge in [-0.3, -0.25) is 0 Å². The summed E-state index contributed by atoms with van der Waals surface area (Å²) in [5.74, 6) is 0. The second-order valence-corrected chi connectivity index (χ2v) is 7.89. The Hall–Kier alpha value is -2.60. The topological polar surface area (TPSA) is 0 Å². The van der Waals surface area contributed by atoms with Crippen molar-refractivity contribution in [2.24, 2.45) is 10.8 Å². The van der Waals surface area contributed by atoms with Gasteiger partial charge < -0.3 is 0 Å². The van der Waals surface area contributed by atoms with Crippen LogP contribution >= 0.6 is 0 Å². The standard InChI is InChI=1S/C26H26/c1-21-13-12-20-25(21,3)26(22-14-6-4-7-15-22,23-16-8-5-9-17-23)24(2)18-10-11-19-24/h4-20H,1-3H3. The van der Waals surface area contributed by atoms with E-state index in [-0.39, 0.29) is 16.2 Å². The Bertz CT molecular complexity index is 858. The predicted molar refractivity (Wildman–Crippen MR) is 111 cm³/mol. The van der Waals surface area contributed by atoms with Crippen LogP contribution in [0.25, 0.3) is 0 Å². The molecule has 0 saturated heterocycles. The van der Waals surface area contributed by atoms with Crippen LogP contribution in [0.2, 0.25) is 0 Å². The number of hydrogen-bond donors (Lipinski definition) is 0. The summed E-state index contributed by atoms with van der Waals surface area (Å²) in [7, 11) is 0. The van der Waals surface area contributed by atoms with Gasteiger partial charge in [0.1, 0.15) is 0 Å². The van der Waals surface area contributed by atoms with E-state index in [0.717, 1.165) is 0 Å². The summed E-state index contributed by atoms with van der Waals surface area (Å²) in [5.41, 5.74) is 3.62. The Morgan fingerprint density at radius 2 is 1.15 bits per heavy atom. The van der Waals surface area contributed by atoms with Crippen LogP contribution in [-0.2, 0) is 5.41 Å². The normalized spacial score (nSPS) is 23.4. The fourth-order valence-electron chi connectivity index (χ4n) is 5.25. The Morgan fingerprint density at radius 3 is 1.58 bits per heavy atom. The molecule has 0 bridgehead atoms. The minimum atomic E-state index is -0.237. The van der Waals surface area contributed by atoms with Gasteiger partial charge in [0, 0.05) is 16.2 Å². The monoisotopic (exact) mass is 338 g/mol. The maximum atomic E-state index is 2.40. The Labute approximate surface area is 157 Å². The summed E-state index contributed by atoms with van der Waals surface area (Å²) in [4.78, 5) is 0. The van der Waals surface area contributed by atoms with Crippen LogP contribution in [0.3, 0.4) is 0 Å². The van der Waals surface area contributed by atoms with Gasteiger partial charge in [-0.15, -0.1) is 0 Å². The number of rotatable bonds is 4. The maximum absolute atomic E-state index is 2.40. The van der Waals surface area contributed by atoms with Crippen molar-refractivity contribution in [2.45, 2.75) is 26.2 Å². The van der Waals surface area contributed by atoms with Crippen molar-refractivity contribution in [3.8, 4) is 0 Å². The van der Waals surface area contributed by atoms with E-state index < -0.39 is 0 Å². The van der Waals surface area contributed by atoms with Crippen molar-refractivity contribution in [1.29, 1.82) is 0 Å². The number of hydrogen-bond acceptors (Lipinski definition) is 0. The van der Waals surface area contributed by atoms with Gasteiger partial charge in [-0.2, -0.15) is 0 Å². The van der Waals surface area contributed by atoms with Gasteiger partial charge in [0.25, 0.3) is 0 Å². The summed E-state index contributed by atoms with van der Waals surface area (Å²) < 4.78 is 0.